The maximum absolute atomic E-state index is 11.9. The number of nitrogens with two attached hydrogens (primary N) is 1. The lowest BCUT2D eigenvalue weighted by atomic mass is 9.94. The molecule has 6 rings (SSSR count). The molecule has 0 saturated heterocycles. The Bertz CT molecular complexity index is 383. The van der Waals surface area contributed by atoms with Crippen LogP contribution in [0.15, 0.2) is 0 Å². The van der Waals surface area contributed by atoms with Gasteiger partial charge in [-0.05, 0) is 41.9 Å². The van der Waals surface area contributed by atoms with Gasteiger partial charge in [0.25, 0.3) is 0 Å². The first-order chi connectivity index (χ1) is 6.70. The average Bonchev–Trinajstić information content (AvgIpc) is 2.89. The van der Waals surface area contributed by atoms with Crippen molar-refractivity contribution in [3.05, 3.63) is 0 Å². The van der Waals surface area contributed by atoms with Crippen molar-refractivity contribution in [2.75, 3.05) is 7.11 Å². The molecule has 0 aromatic rings. The second-order valence-corrected chi connectivity index (χ2v) is 5.96. The second kappa shape index (κ2) is 1.84. The molecule has 6 fully saturated rings. The molecule has 0 amide bonds. The molecule has 2 N–H and O–H groups in total. The molecule has 15 heavy (non-hydrogen) atoms. The van der Waals surface area contributed by atoms with Gasteiger partial charge in [0.15, 0.2) is 0 Å². The topological polar surface area (TPSA) is 52.3 Å². The van der Waals surface area contributed by atoms with Crippen molar-refractivity contribution in [2.45, 2.75) is 12.0 Å². The molecule has 0 radical (unpaired) electrons. The van der Waals surface area contributed by atoms with Crippen LogP contribution in [0.25, 0.3) is 0 Å². The summed E-state index contributed by atoms with van der Waals surface area (Å²) in [6.45, 7) is 0. The third kappa shape index (κ3) is 0.450. The largest absolute Gasteiger partial charge is 0.469 e. The van der Waals surface area contributed by atoms with Gasteiger partial charge in [0, 0.05) is 5.54 Å². The Morgan fingerprint density at radius 1 is 1.27 bits per heavy atom. The van der Waals surface area contributed by atoms with Crippen LogP contribution in [-0.4, -0.2) is 18.6 Å². The number of carbonyl (C=O) groups excluding carboxylic acids is 1. The van der Waals surface area contributed by atoms with E-state index in [1.54, 1.807) is 0 Å². The van der Waals surface area contributed by atoms with E-state index in [-0.39, 0.29) is 29.3 Å². The Morgan fingerprint density at radius 2 is 1.80 bits per heavy atom. The summed E-state index contributed by atoms with van der Waals surface area (Å²) in [4.78, 5) is 11.9. The Balaban J connectivity index is 0.000000648. The molecule has 3 nitrogen and oxygen atoms in total. The number of ether oxygens (including phenoxy) is 1. The summed E-state index contributed by atoms with van der Waals surface area (Å²) >= 11 is 0. The normalized spacial score (nSPS) is 72.7. The fourth-order valence-electron chi connectivity index (χ4n) is 6.45. The molecular weight excluding hydrogens is 214 g/mol. The van der Waals surface area contributed by atoms with Crippen molar-refractivity contribution in [3.63, 3.8) is 0 Å². The highest BCUT2D eigenvalue weighted by atomic mass is 35.5. The lowest BCUT2D eigenvalue weighted by Crippen LogP contribution is -2.41. The van der Waals surface area contributed by atoms with Gasteiger partial charge in [-0.25, -0.2) is 0 Å². The lowest BCUT2D eigenvalue weighted by molar-refractivity contribution is -0.149. The van der Waals surface area contributed by atoms with Crippen LogP contribution in [0.5, 0.6) is 0 Å². The number of rotatable bonds is 1. The van der Waals surface area contributed by atoms with Gasteiger partial charge < -0.3 is 10.5 Å². The van der Waals surface area contributed by atoms with Gasteiger partial charge in [-0.3, -0.25) is 4.79 Å². The van der Waals surface area contributed by atoms with E-state index in [1.807, 2.05) is 0 Å². The van der Waals surface area contributed by atoms with Crippen molar-refractivity contribution < 1.29 is 9.53 Å². The highest BCUT2D eigenvalue weighted by molar-refractivity contribution is 5.89. The van der Waals surface area contributed by atoms with E-state index in [2.05, 4.69) is 0 Å². The number of methoxy groups -OCH3 is 1. The molecule has 0 aromatic carbocycles. The molecule has 0 heterocycles. The minimum Gasteiger partial charge on any atom is -0.469 e. The van der Waals surface area contributed by atoms with Crippen LogP contribution in [0, 0.1) is 40.9 Å². The number of hydrogen-bond acceptors (Lipinski definition) is 3. The fourth-order valence-corrected chi connectivity index (χ4v) is 6.45. The first kappa shape index (κ1) is 8.82. The van der Waals surface area contributed by atoms with E-state index in [0.717, 1.165) is 11.8 Å². The summed E-state index contributed by atoms with van der Waals surface area (Å²) in [6, 6.07) is 0. The smallest absolute Gasteiger partial charge is 0.314 e. The van der Waals surface area contributed by atoms with Crippen LogP contribution < -0.4 is 5.73 Å². The molecule has 0 aromatic heterocycles. The molecule has 6 unspecified atom stereocenters. The highest BCUT2D eigenvalue weighted by Crippen LogP contribution is 3.00. The Hall–Kier alpha value is -0.280. The van der Waals surface area contributed by atoms with Crippen molar-refractivity contribution in [1.82, 2.24) is 0 Å². The summed E-state index contributed by atoms with van der Waals surface area (Å²) in [5.74, 6) is 4.23. The molecule has 4 heteroatoms. The van der Waals surface area contributed by atoms with Crippen LogP contribution in [0.4, 0.5) is 0 Å². The van der Waals surface area contributed by atoms with Crippen LogP contribution in [0.3, 0.4) is 0 Å². The van der Waals surface area contributed by atoms with Gasteiger partial charge in [0.2, 0.25) is 0 Å². The molecule has 0 aliphatic heterocycles. The maximum atomic E-state index is 11.9. The Morgan fingerprint density at radius 3 is 2.13 bits per heavy atom. The quantitative estimate of drug-likeness (QED) is 0.661. The van der Waals surface area contributed by atoms with Crippen molar-refractivity contribution in [3.8, 4) is 0 Å². The molecule has 6 aliphatic carbocycles. The van der Waals surface area contributed by atoms with Crippen molar-refractivity contribution in [1.29, 1.82) is 0 Å². The summed E-state index contributed by atoms with van der Waals surface area (Å²) in [7, 11) is 1.51. The fraction of sp³-hybridized carbons (Fsp3) is 0.909. The Labute approximate surface area is 94.1 Å². The standard InChI is InChI=1S/C11H13NO2.ClH/c1-14-9(13)10-5-3-2-4(6(5)10)8-7(3)11(8,10)12;/h3-8H,2,12H2,1H3;1H. The molecule has 6 saturated carbocycles. The summed E-state index contributed by atoms with van der Waals surface area (Å²) < 4.78 is 4.99. The maximum Gasteiger partial charge on any atom is 0.314 e. The van der Waals surface area contributed by atoms with E-state index in [0.29, 0.717) is 23.7 Å². The molecule has 6 atom stereocenters. The molecular formula is C11H14ClNO2. The minimum atomic E-state index is -0.190. The van der Waals surface area contributed by atoms with Gasteiger partial charge in [-0.2, -0.15) is 0 Å². The first-order valence-corrected chi connectivity index (χ1v) is 5.58. The third-order valence-corrected chi connectivity index (χ3v) is 6.34. The summed E-state index contributed by atoms with van der Waals surface area (Å²) in [5.41, 5.74) is 6.16. The number of halogens is 1. The average molecular weight is 228 g/mol. The van der Waals surface area contributed by atoms with Crippen LogP contribution in [-0.2, 0) is 9.53 Å². The van der Waals surface area contributed by atoms with Gasteiger partial charge in [-0.1, -0.05) is 0 Å². The zero-order chi connectivity index (χ0) is 9.46. The second-order valence-electron chi connectivity index (χ2n) is 5.96. The number of carbonyl (C=O) groups is 1. The third-order valence-electron chi connectivity index (χ3n) is 6.34. The molecule has 6 aliphatic rings. The van der Waals surface area contributed by atoms with E-state index in [4.69, 9.17) is 10.5 Å². The monoisotopic (exact) mass is 227 g/mol. The highest BCUT2D eigenvalue weighted by Gasteiger charge is 3.06. The zero-order valence-electron chi connectivity index (χ0n) is 8.47. The SMILES string of the molecule is COC(=O)C12C3C4CC(C5C4C51N)C32.Cl. The van der Waals surface area contributed by atoms with Crippen LogP contribution in [0.1, 0.15) is 6.42 Å². The van der Waals surface area contributed by atoms with E-state index in [1.165, 1.54) is 13.5 Å². The van der Waals surface area contributed by atoms with Crippen LogP contribution in [0.2, 0.25) is 0 Å². The first-order valence-electron chi connectivity index (χ1n) is 5.58. The molecule has 82 valence electrons. The number of hydrogen-bond donors (Lipinski definition) is 1. The van der Waals surface area contributed by atoms with Crippen molar-refractivity contribution >= 4 is 18.4 Å². The molecule has 0 spiro atoms. The van der Waals surface area contributed by atoms with Gasteiger partial charge in [-0.15, -0.1) is 12.4 Å². The lowest BCUT2D eigenvalue weighted by Gasteiger charge is -2.18. The number of esters is 1. The summed E-state index contributed by atoms with van der Waals surface area (Å²) in [5, 5.41) is 0. The van der Waals surface area contributed by atoms with E-state index >= 15 is 0 Å². The predicted octanol–water partition coefficient (Wildman–Crippen LogP) is 0.420. The van der Waals surface area contributed by atoms with E-state index in [9.17, 15) is 4.79 Å². The van der Waals surface area contributed by atoms with Gasteiger partial charge >= 0.3 is 5.97 Å². The van der Waals surface area contributed by atoms with Gasteiger partial charge in [0.05, 0.1) is 12.5 Å². The molecule has 2 bridgehead atoms. The zero-order valence-corrected chi connectivity index (χ0v) is 9.29. The predicted molar refractivity (Wildman–Crippen MR) is 54.2 cm³/mol. The van der Waals surface area contributed by atoms with Crippen molar-refractivity contribution in [2.24, 2.45) is 46.7 Å². The summed E-state index contributed by atoms with van der Waals surface area (Å²) in [6.07, 6.45) is 1.36. The van der Waals surface area contributed by atoms with E-state index < -0.39 is 0 Å². The van der Waals surface area contributed by atoms with Crippen LogP contribution >= 0.6 is 12.4 Å². The Kier molecular flexibility index (Phi) is 1.08. The minimum absolute atomic E-state index is 0. The van der Waals surface area contributed by atoms with Gasteiger partial charge in [0.1, 0.15) is 0 Å².